The maximum Gasteiger partial charge on any atom is 0.132 e. The van der Waals surface area contributed by atoms with Crippen LogP contribution in [0.1, 0.15) is 25.4 Å². The van der Waals surface area contributed by atoms with Crippen LogP contribution in [0.4, 0.5) is 5.82 Å². The third-order valence-corrected chi connectivity index (χ3v) is 3.63. The highest BCUT2D eigenvalue weighted by atomic mass is 15.3. The molecule has 1 aliphatic heterocycles. The minimum atomic E-state index is 0.360. The molecule has 2 atom stereocenters. The molecular formula is C14H21N5. The van der Waals surface area contributed by atoms with Crippen molar-refractivity contribution in [3.05, 3.63) is 17.6 Å². The number of nitriles is 1. The fourth-order valence-corrected chi connectivity index (χ4v) is 2.80. The molecule has 2 heterocycles. The number of hydrogen-bond donors (Lipinski definition) is 0. The van der Waals surface area contributed by atoms with Gasteiger partial charge in [0, 0.05) is 36.9 Å². The third kappa shape index (κ3) is 3.02. The minimum Gasteiger partial charge on any atom is -0.353 e. The summed E-state index contributed by atoms with van der Waals surface area (Å²) in [5.41, 5.74) is 1.00. The molecule has 19 heavy (non-hydrogen) atoms. The molecule has 102 valence electrons. The van der Waals surface area contributed by atoms with Gasteiger partial charge in [0.2, 0.25) is 0 Å². The zero-order chi connectivity index (χ0) is 14.0. The lowest BCUT2D eigenvalue weighted by molar-refractivity contribution is 0.150. The lowest BCUT2D eigenvalue weighted by Gasteiger charge is -2.43. The second kappa shape index (κ2) is 5.54. The van der Waals surface area contributed by atoms with Crippen molar-refractivity contribution in [2.45, 2.75) is 39.8 Å². The molecule has 1 aromatic rings. The third-order valence-electron chi connectivity index (χ3n) is 3.63. The number of nitrogens with zero attached hydrogens (tertiary/aromatic N) is 5. The molecular weight excluding hydrogens is 238 g/mol. The largest absolute Gasteiger partial charge is 0.353 e. The van der Waals surface area contributed by atoms with Crippen molar-refractivity contribution < 1.29 is 0 Å². The Morgan fingerprint density at radius 3 is 2.42 bits per heavy atom. The Morgan fingerprint density at radius 2 is 1.89 bits per heavy atom. The summed E-state index contributed by atoms with van der Waals surface area (Å²) in [7, 11) is 0. The topological polar surface area (TPSA) is 56.0 Å². The van der Waals surface area contributed by atoms with Crippen LogP contribution >= 0.6 is 0 Å². The van der Waals surface area contributed by atoms with Gasteiger partial charge in [-0.15, -0.1) is 0 Å². The molecule has 1 aliphatic rings. The molecule has 0 radical (unpaired) electrons. The Hall–Kier alpha value is -1.67. The second-order valence-corrected chi connectivity index (χ2v) is 5.35. The summed E-state index contributed by atoms with van der Waals surface area (Å²) in [4.78, 5) is 13.4. The van der Waals surface area contributed by atoms with E-state index in [0.29, 0.717) is 18.6 Å². The average molecular weight is 259 g/mol. The van der Waals surface area contributed by atoms with Crippen molar-refractivity contribution in [2.75, 3.05) is 24.5 Å². The fourth-order valence-electron chi connectivity index (χ4n) is 2.80. The second-order valence-electron chi connectivity index (χ2n) is 5.35. The van der Waals surface area contributed by atoms with E-state index in [9.17, 15) is 0 Å². The Bertz CT molecular complexity index is 461. The van der Waals surface area contributed by atoms with Gasteiger partial charge in [-0.1, -0.05) is 0 Å². The highest BCUT2D eigenvalue weighted by Gasteiger charge is 2.29. The molecule has 1 aromatic heterocycles. The maximum absolute atomic E-state index is 8.88. The predicted octanol–water partition coefficient (Wildman–Crippen LogP) is 1.52. The van der Waals surface area contributed by atoms with Gasteiger partial charge in [-0.2, -0.15) is 5.26 Å². The van der Waals surface area contributed by atoms with Crippen LogP contribution in [0.15, 0.2) is 6.07 Å². The SMILES string of the molecule is Cc1cc(N2CC(C)N(CC#N)C(C)C2)nc(C)n1. The molecule has 0 saturated carbocycles. The van der Waals surface area contributed by atoms with Crippen molar-refractivity contribution in [2.24, 2.45) is 0 Å². The minimum absolute atomic E-state index is 0.360. The van der Waals surface area contributed by atoms with Crippen LogP contribution in [-0.2, 0) is 0 Å². The number of aromatic nitrogens is 2. The molecule has 0 bridgehead atoms. The van der Waals surface area contributed by atoms with E-state index in [0.717, 1.165) is 30.4 Å². The Labute approximate surface area is 114 Å². The molecule has 1 saturated heterocycles. The Balaban J connectivity index is 2.18. The standard InChI is InChI=1S/C14H21N5/c1-10-7-14(17-13(4)16-10)18-8-11(2)19(6-5-15)12(3)9-18/h7,11-12H,6,8-9H2,1-4H3. The number of rotatable bonds is 2. The summed E-state index contributed by atoms with van der Waals surface area (Å²) >= 11 is 0. The highest BCUT2D eigenvalue weighted by Crippen LogP contribution is 2.21. The van der Waals surface area contributed by atoms with Crippen molar-refractivity contribution in [1.29, 1.82) is 5.26 Å². The molecule has 2 unspecified atom stereocenters. The van der Waals surface area contributed by atoms with E-state index in [-0.39, 0.29) is 0 Å². The van der Waals surface area contributed by atoms with Crippen molar-refractivity contribution >= 4 is 5.82 Å². The quantitative estimate of drug-likeness (QED) is 0.754. The van der Waals surface area contributed by atoms with Crippen LogP contribution in [0.25, 0.3) is 0 Å². The van der Waals surface area contributed by atoms with Gasteiger partial charge >= 0.3 is 0 Å². The van der Waals surface area contributed by atoms with E-state index in [4.69, 9.17) is 5.26 Å². The van der Waals surface area contributed by atoms with Crippen LogP contribution in [0.2, 0.25) is 0 Å². The number of anilines is 1. The van der Waals surface area contributed by atoms with Gasteiger partial charge in [0.1, 0.15) is 11.6 Å². The average Bonchev–Trinajstić information content (AvgIpc) is 2.32. The van der Waals surface area contributed by atoms with Crippen molar-refractivity contribution in [3.8, 4) is 6.07 Å². The molecule has 0 aliphatic carbocycles. The molecule has 2 rings (SSSR count). The summed E-state index contributed by atoms with van der Waals surface area (Å²) in [5.74, 6) is 1.81. The van der Waals surface area contributed by atoms with Gasteiger partial charge in [-0.3, -0.25) is 4.90 Å². The predicted molar refractivity (Wildman–Crippen MR) is 75.0 cm³/mol. The summed E-state index contributed by atoms with van der Waals surface area (Å²) < 4.78 is 0. The van der Waals surface area contributed by atoms with E-state index in [1.165, 1.54) is 0 Å². The summed E-state index contributed by atoms with van der Waals surface area (Å²) in [6.45, 7) is 10.6. The van der Waals surface area contributed by atoms with Gasteiger partial charge < -0.3 is 4.90 Å². The van der Waals surface area contributed by atoms with Gasteiger partial charge in [0.05, 0.1) is 12.6 Å². The fraction of sp³-hybridized carbons (Fsp3) is 0.643. The van der Waals surface area contributed by atoms with Crippen molar-refractivity contribution in [3.63, 3.8) is 0 Å². The van der Waals surface area contributed by atoms with Gasteiger partial charge in [0.25, 0.3) is 0 Å². The van der Waals surface area contributed by atoms with E-state index in [1.54, 1.807) is 0 Å². The molecule has 0 amide bonds. The van der Waals surface area contributed by atoms with Crippen LogP contribution in [0, 0.1) is 25.2 Å². The summed E-state index contributed by atoms with van der Waals surface area (Å²) in [6, 6.07) is 5.01. The summed E-state index contributed by atoms with van der Waals surface area (Å²) in [5, 5.41) is 8.88. The van der Waals surface area contributed by atoms with Gasteiger partial charge in [-0.05, 0) is 27.7 Å². The van der Waals surface area contributed by atoms with E-state index in [2.05, 4.69) is 39.7 Å². The number of piperazine rings is 1. The highest BCUT2D eigenvalue weighted by molar-refractivity contribution is 5.41. The van der Waals surface area contributed by atoms with Gasteiger partial charge in [0.15, 0.2) is 0 Å². The van der Waals surface area contributed by atoms with Crippen LogP contribution in [0.3, 0.4) is 0 Å². The first kappa shape index (κ1) is 13.8. The molecule has 0 aromatic carbocycles. The van der Waals surface area contributed by atoms with Gasteiger partial charge in [-0.25, -0.2) is 9.97 Å². The molecule has 5 heteroatoms. The smallest absolute Gasteiger partial charge is 0.132 e. The Kier molecular flexibility index (Phi) is 4.01. The molecule has 0 spiro atoms. The van der Waals surface area contributed by atoms with Crippen molar-refractivity contribution in [1.82, 2.24) is 14.9 Å². The lowest BCUT2D eigenvalue weighted by Crippen LogP contribution is -2.57. The Morgan fingerprint density at radius 1 is 1.26 bits per heavy atom. The van der Waals surface area contributed by atoms with Crippen LogP contribution < -0.4 is 4.90 Å². The monoisotopic (exact) mass is 259 g/mol. The first-order valence-corrected chi connectivity index (χ1v) is 6.71. The lowest BCUT2D eigenvalue weighted by atomic mass is 10.1. The van der Waals surface area contributed by atoms with Crippen LogP contribution in [-0.4, -0.2) is 46.6 Å². The summed E-state index contributed by atoms with van der Waals surface area (Å²) in [6.07, 6.45) is 0. The zero-order valence-corrected chi connectivity index (χ0v) is 12.1. The van der Waals surface area contributed by atoms with E-state index >= 15 is 0 Å². The van der Waals surface area contributed by atoms with E-state index in [1.807, 2.05) is 19.9 Å². The maximum atomic E-state index is 8.88. The normalized spacial score (nSPS) is 24.3. The number of aryl methyl sites for hydroxylation is 2. The first-order valence-electron chi connectivity index (χ1n) is 6.71. The zero-order valence-electron chi connectivity index (χ0n) is 12.1. The molecule has 5 nitrogen and oxygen atoms in total. The molecule has 0 N–H and O–H groups in total. The molecule has 1 fully saturated rings. The van der Waals surface area contributed by atoms with Crippen LogP contribution in [0.5, 0.6) is 0 Å². The first-order chi connectivity index (χ1) is 9.01. The van der Waals surface area contributed by atoms with E-state index < -0.39 is 0 Å². The number of hydrogen-bond acceptors (Lipinski definition) is 5.